The number of aliphatic hydroxyl groups is 1. The third kappa shape index (κ3) is 5.46. The van der Waals surface area contributed by atoms with Crippen molar-refractivity contribution in [1.82, 2.24) is 9.88 Å². The zero-order valence-corrected chi connectivity index (χ0v) is 14.6. The number of aliphatic hydroxyl groups excluding tert-OH is 1. The Morgan fingerprint density at radius 2 is 2.04 bits per heavy atom. The van der Waals surface area contributed by atoms with Crippen LogP contribution in [0.2, 0.25) is 0 Å². The fourth-order valence-corrected chi connectivity index (χ4v) is 2.40. The van der Waals surface area contributed by atoms with Crippen molar-refractivity contribution in [3.63, 3.8) is 0 Å². The molecule has 5 nitrogen and oxygen atoms in total. The fraction of sp³-hybridized carbons (Fsp3) is 0.500. The van der Waals surface area contributed by atoms with Gasteiger partial charge in [0.15, 0.2) is 0 Å². The molecule has 1 heterocycles. The minimum Gasteiger partial charge on any atom is -0.497 e. The summed E-state index contributed by atoms with van der Waals surface area (Å²) in [6, 6.07) is 7.74. The number of likely N-dealkylation sites (N-methyl/N-ethyl adjacent to an activating group) is 1. The Balaban J connectivity index is 0.00000127. The van der Waals surface area contributed by atoms with E-state index in [1.54, 1.807) is 13.3 Å². The molecule has 5 heteroatoms. The number of fused-ring (bicyclic) bond motifs is 1. The molecule has 2 rings (SSSR count). The molecule has 0 aliphatic rings. The van der Waals surface area contributed by atoms with Crippen LogP contribution in [-0.4, -0.2) is 48.8 Å². The van der Waals surface area contributed by atoms with E-state index in [1.165, 1.54) is 0 Å². The summed E-state index contributed by atoms with van der Waals surface area (Å²) in [7, 11) is 3.61. The molecule has 1 aromatic carbocycles. The van der Waals surface area contributed by atoms with E-state index in [1.807, 2.05) is 45.2 Å². The highest BCUT2D eigenvalue weighted by Gasteiger charge is 2.15. The lowest BCUT2D eigenvalue weighted by Crippen LogP contribution is -2.27. The van der Waals surface area contributed by atoms with Crippen molar-refractivity contribution in [2.45, 2.75) is 26.4 Å². The highest BCUT2D eigenvalue weighted by Crippen LogP contribution is 2.26. The van der Waals surface area contributed by atoms with Crippen molar-refractivity contribution in [1.29, 1.82) is 0 Å². The maximum Gasteiger partial charge on any atom is 0.119 e. The second-order valence-electron chi connectivity index (χ2n) is 5.20. The second-order valence-corrected chi connectivity index (χ2v) is 5.20. The molecule has 0 saturated carbocycles. The quantitative estimate of drug-likeness (QED) is 0.821. The third-order valence-electron chi connectivity index (χ3n) is 3.55. The summed E-state index contributed by atoms with van der Waals surface area (Å²) in [5.41, 5.74) is 6.20. The lowest BCUT2D eigenvalue weighted by atomic mass is 10.1. The van der Waals surface area contributed by atoms with E-state index in [-0.39, 0.29) is 0 Å². The zero-order valence-electron chi connectivity index (χ0n) is 14.6. The Bertz CT molecular complexity index is 589. The van der Waals surface area contributed by atoms with Gasteiger partial charge in [-0.25, -0.2) is 0 Å². The number of ether oxygens (including phenoxy) is 1. The molecular formula is C18H29N3O2. The van der Waals surface area contributed by atoms with Gasteiger partial charge in [0, 0.05) is 18.1 Å². The first-order valence-electron chi connectivity index (χ1n) is 8.15. The van der Waals surface area contributed by atoms with Gasteiger partial charge in [-0.15, -0.1) is 0 Å². The van der Waals surface area contributed by atoms with E-state index in [9.17, 15) is 5.11 Å². The average molecular weight is 319 g/mol. The highest BCUT2D eigenvalue weighted by atomic mass is 16.5. The van der Waals surface area contributed by atoms with Crippen molar-refractivity contribution in [2.75, 3.05) is 33.8 Å². The third-order valence-corrected chi connectivity index (χ3v) is 3.55. The molecule has 0 radical (unpaired) electrons. The van der Waals surface area contributed by atoms with Crippen molar-refractivity contribution in [2.24, 2.45) is 5.73 Å². The summed E-state index contributed by atoms with van der Waals surface area (Å²) in [6.45, 7) is 6.05. The van der Waals surface area contributed by atoms with Crippen molar-refractivity contribution >= 4 is 10.8 Å². The molecule has 0 saturated heterocycles. The van der Waals surface area contributed by atoms with Crippen LogP contribution in [0.4, 0.5) is 0 Å². The Labute approximate surface area is 139 Å². The van der Waals surface area contributed by atoms with E-state index < -0.39 is 6.10 Å². The number of hydrogen-bond donors (Lipinski definition) is 2. The summed E-state index contributed by atoms with van der Waals surface area (Å²) >= 11 is 0. The molecule has 2 aromatic rings. The number of pyridine rings is 1. The number of methoxy groups -OCH3 is 1. The van der Waals surface area contributed by atoms with Crippen molar-refractivity contribution in [3.8, 4) is 5.75 Å². The molecule has 3 N–H and O–H groups in total. The van der Waals surface area contributed by atoms with Crippen molar-refractivity contribution in [3.05, 3.63) is 36.2 Å². The van der Waals surface area contributed by atoms with Crippen LogP contribution >= 0.6 is 0 Å². The smallest absolute Gasteiger partial charge is 0.119 e. The predicted octanol–water partition coefficient (Wildman–Crippen LogP) is 2.58. The van der Waals surface area contributed by atoms with E-state index in [0.29, 0.717) is 18.8 Å². The highest BCUT2D eigenvalue weighted by molar-refractivity contribution is 5.86. The largest absolute Gasteiger partial charge is 0.497 e. The fourth-order valence-electron chi connectivity index (χ4n) is 2.40. The molecule has 1 unspecified atom stereocenters. The summed E-state index contributed by atoms with van der Waals surface area (Å²) in [6.07, 6.45) is 2.01. The lowest BCUT2D eigenvalue weighted by Gasteiger charge is -2.21. The topological polar surface area (TPSA) is 71.6 Å². The number of aromatic nitrogens is 1. The molecule has 1 atom stereocenters. The van der Waals surface area contributed by atoms with Crippen LogP contribution in [0.15, 0.2) is 30.5 Å². The van der Waals surface area contributed by atoms with Gasteiger partial charge in [0.05, 0.1) is 12.8 Å². The van der Waals surface area contributed by atoms with E-state index in [0.717, 1.165) is 29.5 Å². The standard InChI is InChI=1S/C16H23N3O2.C2H6/c1-19(9-3-7-17)11-15(20)16-14-10-13(21-2)5-4-12(14)6-8-18-16;1-2/h4-6,8,10,15,20H,3,7,9,11,17H2,1-2H3;1-2H3. The minimum atomic E-state index is -0.636. The van der Waals surface area contributed by atoms with Crippen LogP contribution in [0, 0.1) is 0 Å². The predicted molar refractivity (Wildman–Crippen MR) is 95.8 cm³/mol. The number of benzene rings is 1. The SMILES string of the molecule is CC.COc1ccc2ccnc(C(O)CN(C)CCCN)c2c1. The molecule has 0 spiro atoms. The van der Waals surface area contributed by atoms with E-state index >= 15 is 0 Å². The van der Waals surface area contributed by atoms with Crippen LogP contribution in [0.1, 0.15) is 32.1 Å². The van der Waals surface area contributed by atoms with Gasteiger partial charge in [0.25, 0.3) is 0 Å². The Kier molecular flexibility index (Phi) is 8.55. The number of nitrogens with zero attached hydrogens (tertiary/aromatic N) is 2. The molecule has 1 aromatic heterocycles. The summed E-state index contributed by atoms with van der Waals surface area (Å²) < 4.78 is 5.26. The average Bonchev–Trinajstić information content (AvgIpc) is 2.60. The van der Waals surface area contributed by atoms with Gasteiger partial charge >= 0.3 is 0 Å². The summed E-state index contributed by atoms with van der Waals surface area (Å²) in [5, 5.41) is 12.4. The summed E-state index contributed by atoms with van der Waals surface area (Å²) in [4.78, 5) is 6.43. The molecule has 23 heavy (non-hydrogen) atoms. The minimum absolute atomic E-state index is 0.531. The van der Waals surface area contributed by atoms with E-state index in [4.69, 9.17) is 10.5 Å². The van der Waals surface area contributed by atoms with Gasteiger partial charge < -0.3 is 20.5 Å². The molecule has 0 fully saturated rings. The number of rotatable bonds is 7. The molecule has 0 amide bonds. The number of nitrogens with two attached hydrogens (primary N) is 1. The maximum atomic E-state index is 10.5. The monoisotopic (exact) mass is 319 g/mol. The Morgan fingerprint density at radius 1 is 1.30 bits per heavy atom. The van der Waals surface area contributed by atoms with Crippen LogP contribution in [0.3, 0.4) is 0 Å². The molecule has 0 aliphatic carbocycles. The maximum absolute atomic E-state index is 10.5. The molecule has 0 bridgehead atoms. The van der Waals surface area contributed by atoms with Gasteiger partial charge in [-0.05, 0) is 50.1 Å². The van der Waals surface area contributed by atoms with Gasteiger partial charge in [0.1, 0.15) is 11.9 Å². The first kappa shape index (κ1) is 19.4. The van der Waals surface area contributed by atoms with Crippen LogP contribution in [-0.2, 0) is 0 Å². The van der Waals surface area contributed by atoms with Gasteiger partial charge in [-0.1, -0.05) is 19.9 Å². The number of hydrogen-bond acceptors (Lipinski definition) is 5. The van der Waals surface area contributed by atoms with Gasteiger partial charge in [-0.3, -0.25) is 4.98 Å². The first-order chi connectivity index (χ1) is 11.2. The molecular weight excluding hydrogens is 290 g/mol. The Morgan fingerprint density at radius 3 is 2.70 bits per heavy atom. The lowest BCUT2D eigenvalue weighted by molar-refractivity contribution is 0.124. The summed E-state index contributed by atoms with van der Waals surface area (Å²) in [5.74, 6) is 0.764. The van der Waals surface area contributed by atoms with Crippen LogP contribution in [0.25, 0.3) is 10.8 Å². The van der Waals surface area contributed by atoms with E-state index in [2.05, 4.69) is 9.88 Å². The Hall–Kier alpha value is -1.69. The van der Waals surface area contributed by atoms with Crippen LogP contribution < -0.4 is 10.5 Å². The normalized spacial score (nSPS) is 12.0. The molecule has 0 aliphatic heterocycles. The zero-order chi connectivity index (χ0) is 17.2. The van der Waals surface area contributed by atoms with Gasteiger partial charge in [0.2, 0.25) is 0 Å². The molecule has 128 valence electrons. The van der Waals surface area contributed by atoms with Crippen LogP contribution in [0.5, 0.6) is 5.75 Å². The van der Waals surface area contributed by atoms with Gasteiger partial charge in [-0.2, -0.15) is 0 Å². The van der Waals surface area contributed by atoms with Crippen molar-refractivity contribution < 1.29 is 9.84 Å². The first-order valence-corrected chi connectivity index (χ1v) is 8.15. The second kappa shape index (κ2) is 10.2.